The van der Waals surface area contributed by atoms with Crippen LogP contribution in [-0.2, 0) is 0 Å². The first kappa shape index (κ1) is 19.5. The maximum absolute atomic E-state index is 10.4. The molecule has 0 unspecified atom stereocenters. The SMILES string of the molecule is CC.Cc1ccc(Sc2ncccc2/C=[N+](\O)C2CCCCC2)cc1. The normalized spacial score (nSPS) is 15.4. The van der Waals surface area contributed by atoms with Gasteiger partial charge >= 0.3 is 0 Å². The smallest absolute Gasteiger partial charge is 0.225 e. The van der Waals surface area contributed by atoms with Gasteiger partial charge in [0.15, 0.2) is 0 Å². The third kappa shape index (κ3) is 5.89. The van der Waals surface area contributed by atoms with Gasteiger partial charge in [0.05, 0.1) is 5.56 Å². The number of nitrogens with zero attached hydrogens (tertiary/aromatic N) is 2. The molecule has 3 nitrogen and oxygen atoms in total. The maximum atomic E-state index is 10.4. The molecule has 1 aromatic carbocycles. The van der Waals surface area contributed by atoms with Crippen molar-refractivity contribution in [3.8, 4) is 0 Å². The second kappa shape index (κ2) is 10.2. The van der Waals surface area contributed by atoms with E-state index in [0.29, 0.717) is 0 Å². The fourth-order valence-electron chi connectivity index (χ4n) is 2.90. The van der Waals surface area contributed by atoms with Crippen LogP contribution in [0.3, 0.4) is 0 Å². The molecule has 0 amide bonds. The van der Waals surface area contributed by atoms with Gasteiger partial charge in [-0.3, -0.25) is 5.21 Å². The lowest BCUT2D eigenvalue weighted by molar-refractivity contribution is -0.797. The summed E-state index contributed by atoms with van der Waals surface area (Å²) in [5.41, 5.74) is 2.21. The first-order chi connectivity index (χ1) is 12.2. The van der Waals surface area contributed by atoms with E-state index in [1.807, 2.05) is 32.2 Å². The van der Waals surface area contributed by atoms with Crippen LogP contribution in [-0.4, -0.2) is 27.2 Å². The predicted octanol–water partition coefficient (Wildman–Crippen LogP) is 5.72. The van der Waals surface area contributed by atoms with E-state index in [1.165, 1.54) is 29.6 Å². The van der Waals surface area contributed by atoms with E-state index in [-0.39, 0.29) is 6.04 Å². The molecule has 0 spiro atoms. The predicted molar refractivity (Wildman–Crippen MR) is 105 cm³/mol. The van der Waals surface area contributed by atoms with Crippen LogP contribution in [0.5, 0.6) is 0 Å². The molecule has 1 heterocycles. The van der Waals surface area contributed by atoms with Gasteiger partial charge in [0, 0.05) is 23.9 Å². The van der Waals surface area contributed by atoms with Crippen molar-refractivity contribution in [1.29, 1.82) is 0 Å². The van der Waals surface area contributed by atoms with Gasteiger partial charge < -0.3 is 0 Å². The van der Waals surface area contributed by atoms with E-state index in [1.54, 1.807) is 18.0 Å². The fraction of sp³-hybridized carbons (Fsp3) is 0.429. The number of rotatable bonds is 4. The van der Waals surface area contributed by atoms with Gasteiger partial charge in [-0.2, -0.15) is 0 Å². The topological polar surface area (TPSA) is 36.1 Å². The highest BCUT2D eigenvalue weighted by Crippen LogP contribution is 2.28. The third-order valence-electron chi connectivity index (χ3n) is 4.26. The summed E-state index contributed by atoms with van der Waals surface area (Å²) in [5, 5.41) is 11.3. The molecule has 134 valence electrons. The highest BCUT2D eigenvalue weighted by atomic mass is 32.2. The summed E-state index contributed by atoms with van der Waals surface area (Å²) < 4.78 is 1.40. The fourth-order valence-corrected chi connectivity index (χ4v) is 3.75. The van der Waals surface area contributed by atoms with Gasteiger partial charge in [-0.25, -0.2) is 4.98 Å². The van der Waals surface area contributed by atoms with Crippen molar-refractivity contribution < 1.29 is 9.95 Å². The molecule has 1 saturated carbocycles. The molecule has 0 saturated heterocycles. The van der Waals surface area contributed by atoms with Crippen molar-refractivity contribution in [2.24, 2.45) is 0 Å². The molecule has 1 fully saturated rings. The summed E-state index contributed by atoms with van der Waals surface area (Å²) >= 11 is 1.63. The Hall–Kier alpha value is -1.81. The largest absolute Gasteiger partial charge is 0.291 e. The van der Waals surface area contributed by atoms with E-state index in [0.717, 1.165) is 28.3 Å². The van der Waals surface area contributed by atoms with Gasteiger partial charge in [0.2, 0.25) is 12.3 Å². The van der Waals surface area contributed by atoms with Gasteiger partial charge in [-0.15, -0.1) is 0 Å². The molecule has 1 aliphatic carbocycles. The second-order valence-corrected chi connectivity index (χ2v) is 7.18. The molecule has 0 aliphatic heterocycles. The molecule has 0 radical (unpaired) electrons. The van der Waals surface area contributed by atoms with Gasteiger partial charge in [0.1, 0.15) is 5.03 Å². The Morgan fingerprint density at radius 2 is 1.76 bits per heavy atom. The van der Waals surface area contributed by atoms with Crippen molar-refractivity contribution in [3.05, 3.63) is 53.7 Å². The molecule has 1 N–H and O–H groups in total. The minimum absolute atomic E-state index is 0.237. The van der Waals surface area contributed by atoms with Gasteiger partial charge in [0.25, 0.3) is 0 Å². The van der Waals surface area contributed by atoms with Crippen molar-refractivity contribution in [3.63, 3.8) is 0 Å². The van der Waals surface area contributed by atoms with Crippen LogP contribution in [0.25, 0.3) is 0 Å². The zero-order valence-electron chi connectivity index (χ0n) is 15.5. The molecular formula is C21H29N2OS+. The van der Waals surface area contributed by atoms with Crippen LogP contribution in [0.4, 0.5) is 0 Å². The Morgan fingerprint density at radius 3 is 2.44 bits per heavy atom. The molecule has 1 aromatic heterocycles. The summed E-state index contributed by atoms with van der Waals surface area (Å²) in [7, 11) is 0. The summed E-state index contributed by atoms with van der Waals surface area (Å²) in [4.78, 5) is 5.65. The van der Waals surface area contributed by atoms with Crippen LogP contribution in [0.15, 0.2) is 52.5 Å². The molecule has 4 heteroatoms. The van der Waals surface area contributed by atoms with Gasteiger partial charge in [-0.05, 0) is 48.8 Å². The van der Waals surface area contributed by atoms with Crippen molar-refractivity contribution in [2.45, 2.75) is 68.8 Å². The third-order valence-corrected chi connectivity index (χ3v) is 5.30. The number of hydroxylamine groups is 1. The van der Waals surface area contributed by atoms with Crippen LogP contribution < -0.4 is 0 Å². The first-order valence-corrected chi connectivity index (χ1v) is 10.1. The minimum Gasteiger partial charge on any atom is -0.291 e. The van der Waals surface area contributed by atoms with Crippen LogP contribution in [0, 0.1) is 6.92 Å². The monoisotopic (exact) mass is 357 g/mol. The zero-order chi connectivity index (χ0) is 18.1. The molecule has 2 aromatic rings. The van der Waals surface area contributed by atoms with Gasteiger partial charge in [-0.1, -0.05) is 49.7 Å². The van der Waals surface area contributed by atoms with E-state index in [2.05, 4.69) is 36.2 Å². The van der Waals surface area contributed by atoms with E-state index < -0.39 is 0 Å². The average molecular weight is 358 g/mol. The maximum Gasteiger partial charge on any atom is 0.225 e. The minimum atomic E-state index is 0.237. The molecule has 0 atom stereocenters. The number of hydrogen-bond acceptors (Lipinski definition) is 3. The average Bonchev–Trinajstić information content (AvgIpc) is 2.67. The number of aryl methyl sites for hydroxylation is 1. The number of benzene rings is 1. The highest BCUT2D eigenvalue weighted by molar-refractivity contribution is 7.99. The van der Waals surface area contributed by atoms with Crippen molar-refractivity contribution in [2.75, 3.05) is 0 Å². The van der Waals surface area contributed by atoms with Crippen LogP contribution in [0.1, 0.15) is 57.1 Å². The Labute approximate surface area is 155 Å². The first-order valence-electron chi connectivity index (χ1n) is 9.24. The lowest BCUT2D eigenvalue weighted by Crippen LogP contribution is -2.27. The summed E-state index contributed by atoms with van der Waals surface area (Å²) in [6.07, 6.45) is 9.45. The molecule has 3 rings (SSSR count). The lowest BCUT2D eigenvalue weighted by atomic mass is 9.96. The van der Waals surface area contributed by atoms with Crippen LogP contribution in [0.2, 0.25) is 0 Å². The molecule has 25 heavy (non-hydrogen) atoms. The quantitative estimate of drug-likeness (QED) is 0.329. The second-order valence-electron chi connectivity index (χ2n) is 6.11. The zero-order valence-corrected chi connectivity index (χ0v) is 16.3. The standard InChI is InChI=1S/C19H23N2OS.C2H6/c1-15-9-11-18(12-10-15)23-19-16(6-5-13-20-19)14-21(22)17-7-3-2-4-8-17;1-2/h5-6,9-14,17,22H,2-4,7-8H2,1H3;1-2H3/q+1;. The van der Waals surface area contributed by atoms with E-state index in [4.69, 9.17) is 0 Å². The number of hydrogen-bond donors (Lipinski definition) is 1. The van der Waals surface area contributed by atoms with Crippen molar-refractivity contribution >= 4 is 18.0 Å². The summed E-state index contributed by atoms with van der Waals surface area (Å²) in [6, 6.07) is 12.6. The Kier molecular flexibility index (Phi) is 7.99. The molecular weight excluding hydrogens is 328 g/mol. The molecule has 1 aliphatic rings. The Morgan fingerprint density at radius 1 is 1.08 bits per heavy atom. The highest BCUT2D eigenvalue weighted by Gasteiger charge is 2.24. The molecule has 0 bridgehead atoms. The lowest BCUT2D eigenvalue weighted by Gasteiger charge is -2.15. The Bertz CT molecular complexity index is 677. The summed E-state index contributed by atoms with van der Waals surface area (Å²) in [5.74, 6) is 0. The van der Waals surface area contributed by atoms with E-state index in [9.17, 15) is 5.21 Å². The number of pyridine rings is 1. The Balaban J connectivity index is 0.00000109. The van der Waals surface area contributed by atoms with E-state index >= 15 is 0 Å². The summed E-state index contributed by atoms with van der Waals surface area (Å²) in [6.45, 7) is 6.09. The van der Waals surface area contributed by atoms with Crippen molar-refractivity contribution in [1.82, 2.24) is 4.98 Å². The number of aromatic nitrogens is 1. The van der Waals surface area contributed by atoms with Crippen LogP contribution >= 0.6 is 11.8 Å².